The minimum Gasteiger partial charge on any atom is -0.482 e. The Kier molecular flexibility index (Phi) is 10.8. The van der Waals surface area contributed by atoms with E-state index in [1.807, 2.05) is 35.0 Å². The first kappa shape index (κ1) is 31.5. The molecule has 9 heteroatoms. The third-order valence-electron chi connectivity index (χ3n) is 6.81. The Hall–Kier alpha value is -4.40. The fourth-order valence-corrected chi connectivity index (χ4v) is 5.00. The van der Waals surface area contributed by atoms with Gasteiger partial charge in [0.1, 0.15) is 12.1 Å². The molecule has 4 heterocycles. The highest BCUT2D eigenvalue weighted by atomic mass is 16.5. The number of urea groups is 1. The SMILES string of the molecule is CC(C)Cc1ccc2c(c1)NC(=O)NC2.CC(C)Cc1ccc2c(c1)OCC(=O)N2.CC(C)Cc1ccc2ncnn2c1. The predicted molar refractivity (Wildman–Crippen MR) is 171 cm³/mol. The zero-order valence-corrected chi connectivity index (χ0v) is 26.1. The van der Waals surface area contributed by atoms with Gasteiger partial charge in [-0.3, -0.25) is 4.79 Å². The lowest BCUT2D eigenvalue weighted by molar-refractivity contribution is -0.118. The zero-order chi connectivity index (χ0) is 30.9. The van der Waals surface area contributed by atoms with E-state index in [2.05, 4.69) is 91.8 Å². The number of ether oxygens (including phenoxy) is 1. The van der Waals surface area contributed by atoms with Gasteiger partial charge in [-0.1, -0.05) is 65.8 Å². The summed E-state index contributed by atoms with van der Waals surface area (Å²) in [6, 6.07) is 16.3. The van der Waals surface area contributed by atoms with Gasteiger partial charge in [0.2, 0.25) is 0 Å². The van der Waals surface area contributed by atoms with Gasteiger partial charge in [-0.05, 0) is 83.5 Å². The maximum absolute atomic E-state index is 11.1. The van der Waals surface area contributed by atoms with E-state index in [-0.39, 0.29) is 18.5 Å². The molecule has 9 nitrogen and oxygen atoms in total. The van der Waals surface area contributed by atoms with E-state index in [1.54, 1.807) is 6.33 Å². The molecule has 3 amide bonds. The highest BCUT2D eigenvalue weighted by Gasteiger charge is 2.16. The lowest BCUT2D eigenvalue weighted by Crippen LogP contribution is -2.33. The molecule has 0 saturated carbocycles. The monoisotopic (exact) mass is 584 g/mol. The van der Waals surface area contributed by atoms with E-state index in [0.717, 1.165) is 47.6 Å². The number of nitrogens with zero attached hydrogens (tertiary/aromatic N) is 3. The van der Waals surface area contributed by atoms with E-state index >= 15 is 0 Å². The molecule has 2 aromatic carbocycles. The van der Waals surface area contributed by atoms with Gasteiger partial charge in [-0.2, -0.15) is 5.10 Å². The smallest absolute Gasteiger partial charge is 0.319 e. The van der Waals surface area contributed by atoms with E-state index in [4.69, 9.17) is 4.74 Å². The summed E-state index contributed by atoms with van der Waals surface area (Å²) < 4.78 is 7.16. The van der Waals surface area contributed by atoms with Crippen LogP contribution in [0.3, 0.4) is 0 Å². The molecule has 0 saturated heterocycles. The molecule has 228 valence electrons. The number of hydrogen-bond acceptors (Lipinski definition) is 5. The fourth-order valence-electron chi connectivity index (χ4n) is 5.00. The standard InChI is InChI=1S/C12H16N2O.C12H15NO2.C10H13N3/c1-8(2)5-9-3-4-10-7-13-12(15)14-11(10)6-9;1-8(2)5-9-3-4-10-11(6-9)15-7-12(14)13-10;1-8(2)5-9-3-4-10-11-7-12-13(10)6-9/h3-4,6,8H,5,7H2,1-2H3,(H2,13,14,15);3-4,6,8H,5,7H2,1-2H3,(H,13,14);3-4,6-8H,5H2,1-2H3. The summed E-state index contributed by atoms with van der Waals surface area (Å²) in [7, 11) is 0. The Morgan fingerprint density at radius 1 is 0.791 bits per heavy atom. The molecule has 4 aromatic rings. The summed E-state index contributed by atoms with van der Waals surface area (Å²) in [5.41, 5.74) is 7.64. The van der Waals surface area contributed by atoms with Crippen LogP contribution in [0.15, 0.2) is 61.1 Å². The number of benzene rings is 2. The Balaban J connectivity index is 0.000000148. The van der Waals surface area contributed by atoms with Crippen molar-refractivity contribution in [1.82, 2.24) is 19.9 Å². The maximum Gasteiger partial charge on any atom is 0.319 e. The first-order valence-electron chi connectivity index (χ1n) is 15.1. The molecule has 6 rings (SSSR count). The summed E-state index contributed by atoms with van der Waals surface area (Å²) in [5, 5.41) is 12.4. The van der Waals surface area contributed by atoms with Crippen LogP contribution in [0, 0.1) is 17.8 Å². The van der Waals surface area contributed by atoms with Gasteiger partial charge in [-0.15, -0.1) is 0 Å². The van der Waals surface area contributed by atoms with Crippen molar-refractivity contribution in [3.63, 3.8) is 0 Å². The Labute approximate surface area is 254 Å². The van der Waals surface area contributed by atoms with Crippen LogP contribution in [0.1, 0.15) is 63.8 Å². The lowest BCUT2D eigenvalue weighted by atomic mass is 10.00. The van der Waals surface area contributed by atoms with Gasteiger partial charge in [-0.25, -0.2) is 14.3 Å². The lowest BCUT2D eigenvalue weighted by Gasteiger charge is -2.19. The number of rotatable bonds is 6. The summed E-state index contributed by atoms with van der Waals surface area (Å²) in [5.74, 6) is 2.65. The molecule has 2 aliphatic heterocycles. The Morgan fingerprint density at radius 2 is 1.44 bits per heavy atom. The number of amides is 3. The van der Waals surface area contributed by atoms with Crippen molar-refractivity contribution in [2.45, 2.75) is 67.3 Å². The second-order valence-electron chi connectivity index (χ2n) is 12.4. The van der Waals surface area contributed by atoms with Crippen molar-refractivity contribution < 1.29 is 14.3 Å². The second kappa shape index (κ2) is 14.7. The van der Waals surface area contributed by atoms with Gasteiger partial charge >= 0.3 is 6.03 Å². The molecule has 2 aliphatic rings. The van der Waals surface area contributed by atoms with Crippen LogP contribution in [0.4, 0.5) is 16.2 Å². The molecule has 0 atom stereocenters. The van der Waals surface area contributed by atoms with E-state index < -0.39 is 0 Å². The van der Waals surface area contributed by atoms with Crippen LogP contribution in [0.5, 0.6) is 5.75 Å². The highest BCUT2D eigenvalue weighted by Crippen LogP contribution is 2.29. The van der Waals surface area contributed by atoms with Crippen LogP contribution < -0.4 is 20.7 Å². The van der Waals surface area contributed by atoms with Crippen LogP contribution in [-0.4, -0.2) is 33.1 Å². The first-order valence-corrected chi connectivity index (χ1v) is 15.1. The molecular weight excluding hydrogens is 540 g/mol. The third kappa shape index (κ3) is 9.56. The average molecular weight is 585 g/mol. The molecular formula is C34H44N6O3. The summed E-state index contributed by atoms with van der Waals surface area (Å²) in [6.45, 7) is 13.9. The molecule has 0 spiro atoms. The number of aromatic nitrogens is 3. The van der Waals surface area contributed by atoms with Crippen LogP contribution in [-0.2, 0) is 30.6 Å². The number of hydrogen-bond donors (Lipinski definition) is 3. The molecule has 0 aliphatic carbocycles. The molecule has 0 radical (unpaired) electrons. The first-order chi connectivity index (χ1) is 20.5. The molecule has 3 N–H and O–H groups in total. The summed E-state index contributed by atoms with van der Waals surface area (Å²) in [4.78, 5) is 26.3. The van der Waals surface area contributed by atoms with E-state index in [1.165, 1.54) is 16.7 Å². The number of pyridine rings is 1. The Bertz CT molecular complexity index is 1540. The van der Waals surface area contributed by atoms with Gasteiger partial charge < -0.3 is 20.7 Å². The second-order valence-corrected chi connectivity index (χ2v) is 12.4. The fraction of sp³-hybridized carbons (Fsp3) is 0.412. The number of fused-ring (bicyclic) bond motifs is 3. The predicted octanol–water partition coefficient (Wildman–Crippen LogP) is 6.66. The molecule has 2 aromatic heterocycles. The highest BCUT2D eigenvalue weighted by molar-refractivity contribution is 5.95. The van der Waals surface area contributed by atoms with Gasteiger partial charge in [0.05, 0.1) is 5.69 Å². The van der Waals surface area contributed by atoms with Gasteiger partial charge in [0, 0.05) is 18.4 Å². The van der Waals surface area contributed by atoms with Crippen LogP contribution in [0.25, 0.3) is 5.65 Å². The Morgan fingerprint density at radius 3 is 2.16 bits per heavy atom. The summed E-state index contributed by atoms with van der Waals surface area (Å²) >= 11 is 0. The number of carbonyl (C=O) groups is 2. The zero-order valence-electron chi connectivity index (χ0n) is 26.1. The van der Waals surface area contributed by atoms with Gasteiger partial charge in [0.15, 0.2) is 12.3 Å². The molecule has 0 fully saturated rings. The number of carbonyl (C=O) groups excluding carboxylic acids is 2. The topological polar surface area (TPSA) is 110 Å². The third-order valence-corrected chi connectivity index (χ3v) is 6.81. The van der Waals surface area contributed by atoms with Crippen molar-refractivity contribution in [2.75, 3.05) is 17.2 Å². The maximum atomic E-state index is 11.1. The minimum absolute atomic E-state index is 0.0842. The summed E-state index contributed by atoms with van der Waals surface area (Å²) in [6.07, 6.45) is 6.80. The van der Waals surface area contributed by atoms with E-state index in [0.29, 0.717) is 24.3 Å². The molecule has 43 heavy (non-hydrogen) atoms. The largest absolute Gasteiger partial charge is 0.482 e. The van der Waals surface area contributed by atoms with E-state index in [9.17, 15) is 9.59 Å². The van der Waals surface area contributed by atoms with Crippen molar-refractivity contribution >= 4 is 29.0 Å². The van der Waals surface area contributed by atoms with Crippen LogP contribution in [0.2, 0.25) is 0 Å². The van der Waals surface area contributed by atoms with Crippen molar-refractivity contribution in [2.24, 2.45) is 17.8 Å². The van der Waals surface area contributed by atoms with Crippen molar-refractivity contribution in [1.29, 1.82) is 0 Å². The van der Waals surface area contributed by atoms with Crippen molar-refractivity contribution in [3.8, 4) is 5.75 Å². The number of anilines is 2. The molecule has 0 unspecified atom stereocenters. The van der Waals surface area contributed by atoms with Crippen LogP contribution >= 0.6 is 0 Å². The molecule has 0 bridgehead atoms. The minimum atomic E-state index is -0.107. The average Bonchev–Trinajstić information content (AvgIpc) is 3.41. The van der Waals surface area contributed by atoms with Crippen molar-refractivity contribution in [3.05, 3.63) is 83.3 Å². The number of nitrogens with one attached hydrogen (secondary N) is 3. The quantitative estimate of drug-likeness (QED) is 0.235. The normalized spacial score (nSPS) is 13.5. The van der Waals surface area contributed by atoms with Gasteiger partial charge in [0.25, 0.3) is 5.91 Å².